The van der Waals surface area contributed by atoms with E-state index in [1.165, 1.54) is 16.4 Å². The molecule has 1 heterocycles. The number of nitrogens with one attached hydrogen (secondary N) is 1. The van der Waals surface area contributed by atoms with E-state index in [9.17, 15) is 17.6 Å². The summed E-state index contributed by atoms with van der Waals surface area (Å²) in [4.78, 5) is 12.8. The predicted octanol–water partition coefficient (Wildman–Crippen LogP) is 4.97. The van der Waals surface area contributed by atoms with Crippen LogP contribution in [0.5, 0.6) is 11.5 Å². The average molecular weight is 469 g/mol. The standard InChI is InChI=1S/C25H25FN2O4S/c26-20-6-5-7-21(18-20)32-24-9-2-1-8-23(24)27-25(29)15-12-19-10-13-22(14-11-19)33(30,31)28-16-3-4-17-28/h1-2,5-11,13-14,18H,3-4,12,15-17H2,(H,27,29). The van der Waals surface area contributed by atoms with Gasteiger partial charge in [0.25, 0.3) is 0 Å². The molecular formula is C25H25FN2O4S. The molecule has 1 aliphatic rings. The molecule has 0 aliphatic carbocycles. The van der Waals surface area contributed by atoms with Gasteiger partial charge in [-0.2, -0.15) is 4.31 Å². The molecule has 0 bridgehead atoms. The first kappa shape index (κ1) is 22.9. The Kier molecular flexibility index (Phi) is 7.05. The minimum atomic E-state index is -3.44. The van der Waals surface area contributed by atoms with Gasteiger partial charge in [-0.15, -0.1) is 0 Å². The van der Waals surface area contributed by atoms with Gasteiger partial charge in [-0.25, -0.2) is 12.8 Å². The molecular weight excluding hydrogens is 443 g/mol. The lowest BCUT2D eigenvalue weighted by atomic mass is 10.1. The molecule has 4 rings (SSSR count). The summed E-state index contributed by atoms with van der Waals surface area (Å²) in [5.74, 6) is 0.126. The van der Waals surface area contributed by atoms with Crippen LogP contribution in [-0.2, 0) is 21.2 Å². The number of rotatable bonds is 8. The van der Waals surface area contributed by atoms with Gasteiger partial charge in [0.15, 0.2) is 5.75 Å². The fraction of sp³-hybridized carbons (Fsp3) is 0.240. The Morgan fingerprint density at radius 3 is 2.42 bits per heavy atom. The van der Waals surface area contributed by atoms with Crippen molar-refractivity contribution in [1.82, 2.24) is 4.31 Å². The van der Waals surface area contributed by atoms with Gasteiger partial charge in [0, 0.05) is 25.6 Å². The Morgan fingerprint density at radius 2 is 1.70 bits per heavy atom. The summed E-state index contributed by atoms with van der Waals surface area (Å²) in [6.45, 7) is 1.13. The minimum Gasteiger partial charge on any atom is -0.455 e. The Labute approximate surface area is 193 Å². The highest BCUT2D eigenvalue weighted by Gasteiger charge is 2.26. The number of para-hydroxylation sites is 2. The first-order valence-corrected chi connectivity index (χ1v) is 12.3. The Hall–Kier alpha value is -3.23. The molecule has 8 heteroatoms. The molecule has 0 spiro atoms. The largest absolute Gasteiger partial charge is 0.455 e. The Morgan fingerprint density at radius 1 is 0.970 bits per heavy atom. The fourth-order valence-corrected chi connectivity index (χ4v) is 5.21. The number of aryl methyl sites for hydroxylation is 1. The van der Waals surface area contributed by atoms with Crippen LogP contribution >= 0.6 is 0 Å². The van der Waals surface area contributed by atoms with Crippen LogP contribution in [0, 0.1) is 5.82 Å². The van der Waals surface area contributed by atoms with Crippen molar-refractivity contribution in [2.75, 3.05) is 18.4 Å². The first-order chi connectivity index (χ1) is 15.9. The predicted molar refractivity (Wildman–Crippen MR) is 124 cm³/mol. The van der Waals surface area contributed by atoms with E-state index in [1.54, 1.807) is 60.7 Å². The third-order valence-corrected chi connectivity index (χ3v) is 7.36. The SMILES string of the molecule is O=C(CCc1ccc(S(=O)(=O)N2CCCC2)cc1)Nc1ccccc1Oc1cccc(F)c1. The summed E-state index contributed by atoms with van der Waals surface area (Å²) in [6.07, 6.45) is 2.46. The molecule has 3 aromatic rings. The maximum atomic E-state index is 13.4. The molecule has 0 atom stereocenters. The van der Waals surface area contributed by atoms with Crippen LogP contribution in [0.3, 0.4) is 0 Å². The third kappa shape index (κ3) is 5.77. The highest BCUT2D eigenvalue weighted by Crippen LogP contribution is 2.30. The van der Waals surface area contributed by atoms with Gasteiger partial charge in [-0.05, 0) is 61.2 Å². The van der Waals surface area contributed by atoms with Crippen molar-refractivity contribution in [3.05, 3.63) is 84.2 Å². The van der Waals surface area contributed by atoms with Gasteiger partial charge in [0.05, 0.1) is 10.6 Å². The van der Waals surface area contributed by atoms with E-state index >= 15 is 0 Å². The Balaban J connectivity index is 1.35. The number of ether oxygens (including phenoxy) is 1. The van der Waals surface area contributed by atoms with Crippen molar-refractivity contribution in [2.45, 2.75) is 30.6 Å². The number of amides is 1. The zero-order chi connectivity index (χ0) is 23.3. The van der Waals surface area contributed by atoms with Crippen molar-refractivity contribution >= 4 is 21.6 Å². The van der Waals surface area contributed by atoms with Crippen molar-refractivity contribution in [3.63, 3.8) is 0 Å². The lowest BCUT2D eigenvalue weighted by Crippen LogP contribution is -2.27. The van der Waals surface area contributed by atoms with Crippen molar-refractivity contribution in [1.29, 1.82) is 0 Å². The van der Waals surface area contributed by atoms with Crippen LogP contribution in [0.1, 0.15) is 24.8 Å². The zero-order valence-corrected chi connectivity index (χ0v) is 18.9. The molecule has 3 aromatic carbocycles. The molecule has 1 saturated heterocycles. The molecule has 1 aliphatic heterocycles. The number of hydrogen-bond acceptors (Lipinski definition) is 4. The minimum absolute atomic E-state index is 0.209. The lowest BCUT2D eigenvalue weighted by molar-refractivity contribution is -0.116. The number of sulfonamides is 1. The number of carbonyl (C=O) groups excluding carboxylic acids is 1. The monoisotopic (exact) mass is 468 g/mol. The van der Waals surface area contributed by atoms with Crippen molar-refractivity contribution < 1.29 is 22.3 Å². The van der Waals surface area contributed by atoms with Crippen LogP contribution in [-0.4, -0.2) is 31.7 Å². The normalized spacial score (nSPS) is 14.2. The number of benzene rings is 3. The molecule has 0 radical (unpaired) electrons. The number of anilines is 1. The van der Waals surface area contributed by atoms with Gasteiger partial charge in [-0.3, -0.25) is 4.79 Å². The quantitative estimate of drug-likeness (QED) is 0.506. The second-order valence-corrected chi connectivity index (χ2v) is 9.80. The molecule has 0 unspecified atom stereocenters. The van der Waals surface area contributed by atoms with Gasteiger partial charge in [0.1, 0.15) is 11.6 Å². The maximum Gasteiger partial charge on any atom is 0.243 e. The smallest absolute Gasteiger partial charge is 0.243 e. The third-order valence-electron chi connectivity index (χ3n) is 5.45. The van der Waals surface area contributed by atoms with Gasteiger partial charge < -0.3 is 10.1 Å². The lowest BCUT2D eigenvalue weighted by Gasteiger charge is -2.15. The number of halogens is 1. The van der Waals surface area contributed by atoms with E-state index in [2.05, 4.69) is 5.32 Å². The van der Waals surface area contributed by atoms with E-state index < -0.39 is 15.8 Å². The number of carbonyl (C=O) groups is 1. The summed E-state index contributed by atoms with van der Waals surface area (Å²) in [5.41, 5.74) is 1.36. The summed E-state index contributed by atoms with van der Waals surface area (Å²) < 4.78 is 45.9. The average Bonchev–Trinajstić information content (AvgIpc) is 3.35. The second-order valence-electron chi connectivity index (χ2n) is 7.86. The first-order valence-electron chi connectivity index (χ1n) is 10.8. The van der Waals surface area contributed by atoms with Gasteiger partial charge in [-0.1, -0.05) is 30.3 Å². The summed E-state index contributed by atoms with van der Waals surface area (Å²) in [6, 6.07) is 19.4. The molecule has 33 heavy (non-hydrogen) atoms. The molecule has 0 saturated carbocycles. The molecule has 1 fully saturated rings. The van der Waals surface area contributed by atoms with E-state index in [-0.39, 0.29) is 17.2 Å². The van der Waals surface area contributed by atoms with Crippen LogP contribution in [0.2, 0.25) is 0 Å². The number of nitrogens with zero attached hydrogens (tertiary/aromatic N) is 1. The highest BCUT2D eigenvalue weighted by atomic mass is 32.2. The van der Waals surface area contributed by atoms with Crippen molar-refractivity contribution in [3.8, 4) is 11.5 Å². The number of hydrogen-bond donors (Lipinski definition) is 1. The Bertz CT molecular complexity index is 1220. The maximum absolute atomic E-state index is 13.4. The van der Waals surface area contributed by atoms with Crippen LogP contribution in [0.15, 0.2) is 77.7 Å². The van der Waals surface area contributed by atoms with E-state index in [4.69, 9.17) is 4.74 Å². The highest BCUT2D eigenvalue weighted by molar-refractivity contribution is 7.89. The molecule has 0 aromatic heterocycles. The summed E-state index contributed by atoms with van der Waals surface area (Å²) in [5, 5.41) is 2.83. The molecule has 6 nitrogen and oxygen atoms in total. The van der Waals surface area contributed by atoms with Crippen LogP contribution in [0.25, 0.3) is 0 Å². The van der Waals surface area contributed by atoms with E-state index in [1.807, 2.05) is 0 Å². The molecule has 1 N–H and O–H groups in total. The van der Waals surface area contributed by atoms with E-state index in [0.717, 1.165) is 18.4 Å². The van der Waals surface area contributed by atoms with Gasteiger partial charge in [0.2, 0.25) is 15.9 Å². The molecule has 172 valence electrons. The van der Waals surface area contributed by atoms with Crippen molar-refractivity contribution in [2.24, 2.45) is 0 Å². The molecule has 1 amide bonds. The second kappa shape index (κ2) is 10.1. The summed E-state index contributed by atoms with van der Waals surface area (Å²) in [7, 11) is -3.44. The van der Waals surface area contributed by atoms with Crippen LogP contribution < -0.4 is 10.1 Å². The summed E-state index contributed by atoms with van der Waals surface area (Å²) >= 11 is 0. The van der Waals surface area contributed by atoms with Gasteiger partial charge >= 0.3 is 0 Å². The van der Waals surface area contributed by atoms with E-state index in [0.29, 0.717) is 36.7 Å². The topological polar surface area (TPSA) is 75.7 Å². The van der Waals surface area contributed by atoms with Crippen LogP contribution in [0.4, 0.5) is 10.1 Å². The fourth-order valence-electron chi connectivity index (χ4n) is 3.69. The zero-order valence-electron chi connectivity index (χ0n) is 18.0.